The highest BCUT2D eigenvalue weighted by molar-refractivity contribution is 8.00. The smallest absolute Gasteiger partial charge is 0.320 e. The normalized spacial score (nSPS) is 20.3. The third-order valence-corrected chi connectivity index (χ3v) is 4.63. The molecule has 2 saturated carbocycles. The summed E-state index contributed by atoms with van der Waals surface area (Å²) in [5.41, 5.74) is 5.64. The molecule has 2 aliphatic rings. The van der Waals surface area contributed by atoms with Gasteiger partial charge in [-0.3, -0.25) is 4.79 Å². The van der Waals surface area contributed by atoms with Gasteiger partial charge in [-0.2, -0.15) is 0 Å². The second kappa shape index (κ2) is 5.13. The zero-order valence-corrected chi connectivity index (χ0v) is 11.7. The van der Waals surface area contributed by atoms with Gasteiger partial charge in [0.05, 0.1) is 7.11 Å². The lowest BCUT2D eigenvalue weighted by atomic mass is 10.4. The SMILES string of the molecule is COC(=O)C(CN)Sc1nnc(C2CC2)n1C1CC1. The van der Waals surface area contributed by atoms with Crippen LogP contribution in [0.25, 0.3) is 0 Å². The molecule has 2 N–H and O–H groups in total. The van der Waals surface area contributed by atoms with E-state index in [0.717, 1.165) is 11.0 Å². The molecule has 0 spiro atoms. The van der Waals surface area contributed by atoms with Gasteiger partial charge in [0.25, 0.3) is 0 Å². The Labute approximate surface area is 116 Å². The van der Waals surface area contributed by atoms with E-state index in [9.17, 15) is 4.79 Å². The molecule has 2 aliphatic carbocycles. The maximum atomic E-state index is 11.6. The van der Waals surface area contributed by atoms with Crippen LogP contribution in [0.5, 0.6) is 0 Å². The van der Waals surface area contributed by atoms with Crippen LogP contribution < -0.4 is 5.73 Å². The Morgan fingerprint density at radius 1 is 1.47 bits per heavy atom. The van der Waals surface area contributed by atoms with Crippen molar-refractivity contribution in [2.45, 2.75) is 48.0 Å². The van der Waals surface area contributed by atoms with Crippen molar-refractivity contribution >= 4 is 17.7 Å². The van der Waals surface area contributed by atoms with E-state index in [1.807, 2.05) is 0 Å². The van der Waals surface area contributed by atoms with Gasteiger partial charge in [-0.05, 0) is 25.7 Å². The first-order valence-corrected chi connectivity index (χ1v) is 7.52. The number of esters is 1. The number of aromatic nitrogens is 3. The third-order valence-electron chi connectivity index (χ3n) is 3.47. The lowest BCUT2D eigenvalue weighted by Gasteiger charge is -2.13. The van der Waals surface area contributed by atoms with Crippen molar-refractivity contribution in [2.75, 3.05) is 13.7 Å². The van der Waals surface area contributed by atoms with E-state index < -0.39 is 5.25 Å². The van der Waals surface area contributed by atoms with Gasteiger partial charge in [-0.25, -0.2) is 0 Å². The molecule has 1 atom stereocenters. The van der Waals surface area contributed by atoms with Crippen LogP contribution in [0.15, 0.2) is 5.16 Å². The first-order chi connectivity index (χ1) is 9.24. The Bertz CT molecular complexity index is 482. The fourth-order valence-electron chi connectivity index (χ4n) is 2.12. The van der Waals surface area contributed by atoms with Crippen molar-refractivity contribution in [3.63, 3.8) is 0 Å². The molecule has 7 heteroatoms. The maximum Gasteiger partial charge on any atom is 0.320 e. The summed E-state index contributed by atoms with van der Waals surface area (Å²) in [6.45, 7) is 0.244. The van der Waals surface area contributed by atoms with E-state index in [1.165, 1.54) is 44.6 Å². The van der Waals surface area contributed by atoms with Crippen molar-refractivity contribution in [2.24, 2.45) is 5.73 Å². The van der Waals surface area contributed by atoms with Crippen LogP contribution in [-0.4, -0.2) is 39.6 Å². The Kier molecular flexibility index (Phi) is 3.49. The Morgan fingerprint density at radius 3 is 2.74 bits per heavy atom. The van der Waals surface area contributed by atoms with Crippen molar-refractivity contribution in [3.8, 4) is 0 Å². The molecule has 0 saturated heterocycles. The van der Waals surface area contributed by atoms with Crippen LogP contribution in [0.1, 0.15) is 43.5 Å². The summed E-state index contributed by atoms with van der Waals surface area (Å²) >= 11 is 1.37. The predicted octanol–water partition coefficient (Wildman–Crippen LogP) is 1.08. The van der Waals surface area contributed by atoms with Gasteiger partial charge in [-0.15, -0.1) is 10.2 Å². The van der Waals surface area contributed by atoms with Gasteiger partial charge >= 0.3 is 5.97 Å². The molecular formula is C12H18N4O2S. The molecule has 0 aromatic carbocycles. The number of nitrogens with zero attached hydrogens (tertiary/aromatic N) is 3. The number of carbonyl (C=O) groups excluding carboxylic acids is 1. The molecule has 2 fully saturated rings. The minimum absolute atomic E-state index is 0.244. The minimum atomic E-state index is -0.404. The molecule has 1 aromatic heterocycles. The zero-order chi connectivity index (χ0) is 13.4. The minimum Gasteiger partial charge on any atom is -0.468 e. The molecule has 104 valence electrons. The highest BCUT2D eigenvalue weighted by atomic mass is 32.2. The second-order valence-corrected chi connectivity index (χ2v) is 6.25. The third kappa shape index (κ3) is 2.62. The van der Waals surface area contributed by atoms with Gasteiger partial charge in [0.15, 0.2) is 5.16 Å². The maximum absolute atomic E-state index is 11.6. The molecule has 19 heavy (non-hydrogen) atoms. The number of methoxy groups -OCH3 is 1. The molecule has 0 bridgehead atoms. The van der Waals surface area contributed by atoms with Crippen LogP contribution >= 0.6 is 11.8 Å². The number of hydrogen-bond donors (Lipinski definition) is 1. The molecule has 1 aromatic rings. The summed E-state index contributed by atoms with van der Waals surface area (Å²) < 4.78 is 6.98. The monoisotopic (exact) mass is 282 g/mol. The first-order valence-electron chi connectivity index (χ1n) is 6.64. The van der Waals surface area contributed by atoms with Crippen LogP contribution in [0.4, 0.5) is 0 Å². The van der Waals surface area contributed by atoms with E-state index in [2.05, 4.69) is 14.8 Å². The standard InChI is InChI=1S/C12H18N4O2S/c1-18-11(17)9(6-13)19-12-15-14-10(7-2-3-7)16(12)8-4-5-8/h7-9H,2-6,13H2,1H3. The topological polar surface area (TPSA) is 83.0 Å². The summed E-state index contributed by atoms with van der Waals surface area (Å²) in [5.74, 6) is 1.35. The van der Waals surface area contributed by atoms with Gasteiger partial charge in [-0.1, -0.05) is 11.8 Å². The summed E-state index contributed by atoms with van der Waals surface area (Å²) in [5, 5.41) is 8.97. The average Bonchev–Trinajstić information content (AvgIpc) is 3.33. The van der Waals surface area contributed by atoms with Crippen LogP contribution in [0.3, 0.4) is 0 Å². The molecule has 0 aliphatic heterocycles. The van der Waals surface area contributed by atoms with Gasteiger partial charge in [0.1, 0.15) is 11.1 Å². The molecule has 0 amide bonds. The highest BCUT2D eigenvalue weighted by Crippen LogP contribution is 2.46. The van der Waals surface area contributed by atoms with Crippen molar-refractivity contribution in [1.29, 1.82) is 0 Å². The number of rotatable bonds is 6. The number of ether oxygens (including phenoxy) is 1. The van der Waals surface area contributed by atoms with Crippen molar-refractivity contribution < 1.29 is 9.53 Å². The van der Waals surface area contributed by atoms with E-state index in [1.54, 1.807) is 0 Å². The molecule has 1 heterocycles. The molecule has 3 rings (SSSR count). The van der Waals surface area contributed by atoms with E-state index >= 15 is 0 Å². The van der Waals surface area contributed by atoms with E-state index in [4.69, 9.17) is 10.5 Å². The van der Waals surface area contributed by atoms with E-state index in [0.29, 0.717) is 12.0 Å². The molecule has 1 unspecified atom stereocenters. The van der Waals surface area contributed by atoms with Crippen LogP contribution in [0.2, 0.25) is 0 Å². The summed E-state index contributed by atoms with van der Waals surface area (Å²) in [7, 11) is 1.38. The highest BCUT2D eigenvalue weighted by Gasteiger charge is 2.37. The van der Waals surface area contributed by atoms with Gasteiger partial charge < -0.3 is 15.0 Å². The van der Waals surface area contributed by atoms with Crippen molar-refractivity contribution in [3.05, 3.63) is 5.82 Å². The van der Waals surface area contributed by atoms with Crippen LogP contribution in [0, 0.1) is 0 Å². The Balaban J connectivity index is 1.81. The zero-order valence-electron chi connectivity index (χ0n) is 10.9. The van der Waals surface area contributed by atoms with Crippen LogP contribution in [-0.2, 0) is 9.53 Å². The Morgan fingerprint density at radius 2 is 2.21 bits per heavy atom. The second-order valence-electron chi connectivity index (χ2n) is 5.08. The average molecular weight is 282 g/mol. The quantitative estimate of drug-likeness (QED) is 0.621. The molecular weight excluding hydrogens is 264 g/mol. The van der Waals surface area contributed by atoms with Crippen molar-refractivity contribution in [1.82, 2.24) is 14.8 Å². The summed E-state index contributed by atoms with van der Waals surface area (Å²) in [6.07, 6.45) is 4.76. The van der Waals surface area contributed by atoms with E-state index in [-0.39, 0.29) is 12.5 Å². The number of thioether (sulfide) groups is 1. The summed E-state index contributed by atoms with van der Waals surface area (Å²) in [4.78, 5) is 11.6. The lowest BCUT2D eigenvalue weighted by Crippen LogP contribution is -2.28. The molecule has 0 radical (unpaired) electrons. The molecule has 6 nitrogen and oxygen atoms in total. The number of carbonyl (C=O) groups is 1. The first kappa shape index (κ1) is 12.9. The summed E-state index contributed by atoms with van der Waals surface area (Å²) in [6, 6.07) is 0.518. The Hall–Kier alpha value is -1.08. The fourth-order valence-corrected chi connectivity index (χ4v) is 3.10. The predicted molar refractivity (Wildman–Crippen MR) is 71.0 cm³/mol. The fraction of sp³-hybridized carbons (Fsp3) is 0.750. The van der Waals surface area contributed by atoms with Gasteiger partial charge in [0, 0.05) is 18.5 Å². The van der Waals surface area contributed by atoms with Gasteiger partial charge in [0.2, 0.25) is 0 Å². The largest absolute Gasteiger partial charge is 0.468 e. The lowest BCUT2D eigenvalue weighted by molar-refractivity contribution is -0.139. The number of nitrogens with two attached hydrogens (primary N) is 1. The number of hydrogen-bond acceptors (Lipinski definition) is 6.